The second kappa shape index (κ2) is 4.81. The molecular weight excluding hydrogens is 234 g/mol. The number of halogens is 1. The quantitative estimate of drug-likeness (QED) is 0.766. The van der Waals surface area contributed by atoms with Gasteiger partial charge < -0.3 is 4.74 Å². The van der Waals surface area contributed by atoms with E-state index in [4.69, 9.17) is 16.3 Å². The molecular formula is C14H16ClNO. The van der Waals surface area contributed by atoms with Gasteiger partial charge in [0.15, 0.2) is 0 Å². The van der Waals surface area contributed by atoms with E-state index in [9.17, 15) is 0 Å². The topological polar surface area (TPSA) is 15.8 Å². The first-order valence-electron chi connectivity index (χ1n) is 6.10. The lowest BCUT2D eigenvalue weighted by atomic mass is 9.99. The lowest BCUT2D eigenvalue weighted by molar-refractivity contribution is 0.262. The van der Waals surface area contributed by atoms with Crippen molar-refractivity contribution >= 4 is 17.2 Å². The third-order valence-electron chi connectivity index (χ3n) is 3.37. The zero-order valence-electron chi connectivity index (χ0n) is 9.73. The van der Waals surface area contributed by atoms with Crippen molar-refractivity contribution in [2.45, 2.75) is 12.5 Å². The Balaban J connectivity index is 1.64. The largest absolute Gasteiger partial charge is 0.372 e. The van der Waals surface area contributed by atoms with Gasteiger partial charge in [0.1, 0.15) is 0 Å². The van der Waals surface area contributed by atoms with E-state index in [1.54, 1.807) is 0 Å². The van der Waals surface area contributed by atoms with E-state index in [1.165, 1.54) is 11.1 Å². The molecule has 1 unspecified atom stereocenters. The third kappa shape index (κ3) is 2.89. The number of ether oxygens (including phenoxy) is 1. The van der Waals surface area contributed by atoms with Gasteiger partial charge in [0.25, 0.3) is 0 Å². The molecule has 1 fully saturated rings. The van der Waals surface area contributed by atoms with Crippen molar-refractivity contribution in [2.75, 3.05) is 26.2 Å². The molecule has 2 aliphatic heterocycles. The van der Waals surface area contributed by atoms with Gasteiger partial charge in [-0.2, -0.15) is 0 Å². The minimum Gasteiger partial charge on any atom is -0.372 e. The highest BCUT2D eigenvalue weighted by Crippen LogP contribution is 2.24. The molecule has 17 heavy (non-hydrogen) atoms. The lowest BCUT2D eigenvalue weighted by Crippen LogP contribution is -2.31. The van der Waals surface area contributed by atoms with Crippen LogP contribution in [0.1, 0.15) is 12.0 Å². The van der Waals surface area contributed by atoms with E-state index < -0.39 is 0 Å². The SMILES string of the molecule is Clc1ccc(C2=CCN(CC3CO3)CC2)cc1. The molecule has 90 valence electrons. The fourth-order valence-electron chi connectivity index (χ4n) is 2.26. The minimum absolute atomic E-state index is 0.500. The number of hydrogen-bond donors (Lipinski definition) is 0. The highest BCUT2D eigenvalue weighted by atomic mass is 35.5. The summed E-state index contributed by atoms with van der Waals surface area (Å²) in [6, 6.07) is 8.13. The summed E-state index contributed by atoms with van der Waals surface area (Å²) >= 11 is 5.90. The van der Waals surface area contributed by atoms with Crippen molar-refractivity contribution in [1.82, 2.24) is 4.90 Å². The number of epoxide rings is 1. The molecule has 0 aliphatic carbocycles. The van der Waals surface area contributed by atoms with Crippen LogP contribution in [0.5, 0.6) is 0 Å². The first kappa shape index (κ1) is 11.3. The van der Waals surface area contributed by atoms with Crippen molar-refractivity contribution in [1.29, 1.82) is 0 Å². The molecule has 0 saturated carbocycles. The van der Waals surface area contributed by atoms with Crippen LogP contribution in [-0.4, -0.2) is 37.2 Å². The highest BCUT2D eigenvalue weighted by Gasteiger charge is 2.26. The van der Waals surface area contributed by atoms with Gasteiger partial charge in [-0.1, -0.05) is 29.8 Å². The summed E-state index contributed by atoms with van der Waals surface area (Å²) in [6.45, 7) is 4.21. The monoisotopic (exact) mass is 249 g/mol. The van der Waals surface area contributed by atoms with Gasteiger partial charge in [-0.3, -0.25) is 4.90 Å². The highest BCUT2D eigenvalue weighted by molar-refractivity contribution is 6.30. The van der Waals surface area contributed by atoms with Crippen LogP contribution in [0.3, 0.4) is 0 Å². The molecule has 2 aliphatic rings. The molecule has 0 spiro atoms. The van der Waals surface area contributed by atoms with Gasteiger partial charge in [0.05, 0.1) is 12.7 Å². The van der Waals surface area contributed by atoms with Crippen LogP contribution in [-0.2, 0) is 4.74 Å². The van der Waals surface area contributed by atoms with Crippen molar-refractivity contribution in [3.05, 3.63) is 40.9 Å². The van der Waals surface area contributed by atoms with E-state index in [0.717, 1.165) is 37.7 Å². The molecule has 1 aromatic carbocycles. The maximum absolute atomic E-state index is 5.90. The summed E-state index contributed by atoms with van der Waals surface area (Å²) in [5.41, 5.74) is 2.74. The Morgan fingerprint density at radius 2 is 2.06 bits per heavy atom. The van der Waals surface area contributed by atoms with E-state index in [-0.39, 0.29) is 0 Å². The van der Waals surface area contributed by atoms with Crippen LogP contribution in [0.4, 0.5) is 0 Å². The van der Waals surface area contributed by atoms with Crippen LogP contribution in [0.25, 0.3) is 5.57 Å². The third-order valence-corrected chi connectivity index (χ3v) is 3.62. The van der Waals surface area contributed by atoms with Crippen molar-refractivity contribution in [2.24, 2.45) is 0 Å². The van der Waals surface area contributed by atoms with Crippen LogP contribution in [0.15, 0.2) is 30.3 Å². The normalized spacial score (nSPS) is 24.5. The number of benzene rings is 1. The Labute approximate surface area is 107 Å². The van der Waals surface area contributed by atoms with Gasteiger partial charge in [0, 0.05) is 24.7 Å². The summed E-state index contributed by atoms with van der Waals surface area (Å²) in [6.07, 6.45) is 3.95. The molecule has 2 heterocycles. The van der Waals surface area contributed by atoms with E-state index in [2.05, 4.69) is 23.1 Å². The maximum Gasteiger partial charge on any atom is 0.0936 e. The summed E-state index contributed by atoms with van der Waals surface area (Å²) < 4.78 is 5.26. The zero-order valence-corrected chi connectivity index (χ0v) is 10.5. The van der Waals surface area contributed by atoms with Gasteiger partial charge in [-0.05, 0) is 29.7 Å². The minimum atomic E-state index is 0.500. The Hall–Kier alpha value is -0.830. The predicted molar refractivity (Wildman–Crippen MR) is 70.2 cm³/mol. The van der Waals surface area contributed by atoms with Crippen molar-refractivity contribution < 1.29 is 4.74 Å². The van der Waals surface area contributed by atoms with Gasteiger partial charge in [-0.25, -0.2) is 0 Å². The van der Waals surface area contributed by atoms with Crippen molar-refractivity contribution in [3.8, 4) is 0 Å². The summed E-state index contributed by atoms with van der Waals surface area (Å²) in [5.74, 6) is 0. The predicted octanol–water partition coefficient (Wildman–Crippen LogP) is 2.83. The fourth-order valence-corrected chi connectivity index (χ4v) is 2.39. The average Bonchev–Trinajstić information content (AvgIpc) is 3.15. The van der Waals surface area contributed by atoms with Gasteiger partial charge in [-0.15, -0.1) is 0 Å². The molecule has 3 heteroatoms. The summed E-state index contributed by atoms with van der Waals surface area (Å²) in [4.78, 5) is 2.46. The fraction of sp³-hybridized carbons (Fsp3) is 0.429. The molecule has 0 aromatic heterocycles. The second-order valence-electron chi connectivity index (χ2n) is 4.70. The number of hydrogen-bond acceptors (Lipinski definition) is 2. The first-order valence-corrected chi connectivity index (χ1v) is 6.48. The smallest absolute Gasteiger partial charge is 0.0936 e. The molecule has 2 nitrogen and oxygen atoms in total. The zero-order chi connectivity index (χ0) is 11.7. The second-order valence-corrected chi connectivity index (χ2v) is 5.14. The lowest BCUT2D eigenvalue weighted by Gasteiger charge is -2.25. The van der Waals surface area contributed by atoms with E-state index in [1.807, 2.05) is 12.1 Å². The summed E-state index contributed by atoms with van der Waals surface area (Å²) in [7, 11) is 0. The summed E-state index contributed by atoms with van der Waals surface area (Å²) in [5, 5.41) is 0.803. The molecule has 0 radical (unpaired) electrons. The number of rotatable bonds is 3. The van der Waals surface area contributed by atoms with Crippen LogP contribution in [0.2, 0.25) is 5.02 Å². The molecule has 0 N–H and O–H groups in total. The molecule has 0 amide bonds. The first-order chi connectivity index (χ1) is 8.31. The van der Waals surface area contributed by atoms with Crippen LogP contribution < -0.4 is 0 Å². The Bertz CT molecular complexity index is 422. The van der Waals surface area contributed by atoms with Crippen LogP contribution >= 0.6 is 11.6 Å². The molecule has 1 aromatic rings. The molecule has 0 bridgehead atoms. The standard InChI is InChI=1S/C14H16ClNO/c15-13-3-1-11(2-4-13)12-5-7-16(8-6-12)9-14-10-17-14/h1-5,14H,6-10H2. The van der Waals surface area contributed by atoms with E-state index >= 15 is 0 Å². The van der Waals surface area contributed by atoms with Gasteiger partial charge in [0.2, 0.25) is 0 Å². The van der Waals surface area contributed by atoms with E-state index in [0.29, 0.717) is 6.10 Å². The number of nitrogens with zero attached hydrogens (tertiary/aromatic N) is 1. The Kier molecular flexibility index (Phi) is 3.19. The van der Waals surface area contributed by atoms with Crippen LogP contribution in [0, 0.1) is 0 Å². The molecule has 3 rings (SSSR count). The van der Waals surface area contributed by atoms with Crippen molar-refractivity contribution in [3.63, 3.8) is 0 Å². The molecule has 1 atom stereocenters. The maximum atomic E-state index is 5.90. The Morgan fingerprint density at radius 1 is 1.29 bits per heavy atom. The van der Waals surface area contributed by atoms with Gasteiger partial charge >= 0.3 is 0 Å². The average molecular weight is 250 g/mol. The Morgan fingerprint density at radius 3 is 2.65 bits per heavy atom. The molecule has 1 saturated heterocycles.